The zero-order valence-electron chi connectivity index (χ0n) is 15.7. The Bertz CT molecular complexity index is 858. The van der Waals surface area contributed by atoms with E-state index in [0.717, 1.165) is 5.56 Å². The van der Waals surface area contributed by atoms with Crippen LogP contribution in [0.2, 0.25) is 0 Å². The third kappa shape index (κ3) is 6.67. The van der Waals surface area contributed by atoms with Crippen LogP contribution in [0.25, 0.3) is 0 Å². The molecule has 1 atom stereocenters. The van der Waals surface area contributed by atoms with Crippen molar-refractivity contribution in [3.8, 4) is 5.75 Å². The van der Waals surface area contributed by atoms with E-state index in [-0.39, 0.29) is 30.8 Å². The number of hydrogen-bond acceptors (Lipinski definition) is 6. The zero-order chi connectivity index (χ0) is 21.4. The molecule has 1 heterocycles. The molecule has 0 spiro atoms. The van der Waals surface area contributed by atoms with Gasteiger partial charge in [0, 0.05) is 24.8 Å². The van der Waals surface area contributed by atoms with Crippen LogP contribution in [0.15, 0.2) is 30.5 Å². The van der Waals surface area contributed by atoms with Crippen molar-refractivity contribution in [1.82, 2.24) is 14.2 Å². The molecular formula is C16H22Cl2N5O5P. The fraction of sp³-hybridized carbons (Fsp3) is 0.438. The fourth-order valence-electron chi connectivity index (χ4n) is 2.41. The van der Waals surface area contributed by atoms with Crippen LogP contribution in [-0.4, -0.2) is 44.0 Å². The van der Waals surface area contributed by atoms with Crippen molar-refractivity contribution in [2.75, 3.05) is 24.8 Å². The molecule has 1 unspecified atom stereocenters. The van der Waals surface area contributed by atoms with Gasteiger partial charge in [-0.1, -0.05) is 12.1 Å². The Morgan fingerprint density at radius 2 is 1.86 bits per heavy atom. The number of aromatic nitrogens is 2. The first-order chi connectivity index (χ1) is 13.8. The molecule has 0 fully saturated rings. The topological polar surface area (TPSA) is 126 Å². The monoisotopic (exact) mass is 465 g/mol. The molecule has 0 radical (unpaired) electrons. The lowest BCUT2D eigenvalue weighted by Gasteiger charge is -2.26. The predicted octanol–water partition coefficient (Wildman–Crippen LogP) is 3.27. The quantitative estimate of drug-likeness (QED) is 0.219. The Hall–Kier alpha value is -1.68. The van der Waals surface area contributed by atoms with Crippen LogP contribution in [0.5, 0.6) is 5.75 Å². The summed E-state index contributed by atoms with van der Waals surface area (Å²) in [5, 5.41) is 10.8. The number of nitrogens with two attached hydrogens (primary N) is 1. The summed E-state index contributed by atoms with van der Waals surface area (Å²) in [7, 11) is -1.96. The fourth-order valence-corrected chi connectivity index (χ4v) is 4.30. The largest absolute Gasteiger partial charge is 0.483 e. The maximum Gasteiger partial charge on any atom is 0.342 e. The number of halogens is 2. The van der Waals surface area contributed by atoms with E-state index in [9.17, 15) is 14.7 Å². The van der Waals surface area contributed by atoms with E-state index in [4.69, 9.17) is 38.0 Å². The van der Waals surface area contributed by atoms with Gasteiger partial charge in [0.15, 0.2) is 6.61 Å². The number of nitro groups is 1. The van der Waals surface area contributed by atoms with Crippen LogP contribution in [0.4, 0.5) is 5.82 Å². The van der Waals surface area contributed by atoms with Gasteiger partial charge in [0.2, 0.25) is 5.82 Å². The molecule has 0 aliphatic heterocycles. The molecule has 0 aliphatic rings. The highest BCUT2D eigenvalue weighted by atomic mass is 35.5. The Kier molecular flexibility index (Phi) is 8.88. The van der Waals surface area contributed by atoms with Gasteiger partial charge in [-0.2, -0.15) is 0 Å². The molecule has 0 aliphatic carbocycles. The Labute approximate surface area is 178 Å². The van der Waals surface area contributed by atoms with E-state index in [0.29, 0.717) is 24.7 Å². The maximum atomic E-state index is 12.6. The number of imidazole rings is 1. The second-order valence-electron chi connectivity index (χ2n) is 5.95. The van der Waals surface area contributed by atoms with Gasteiger partial charge in [0.05, 0.1) is 13.7 Å². The zero-order valence-corrected chi connectivity index (χ0v) is 18.1. The molecule has 29 heavy (non-hydrogen) atoms. The average molecular weight is 466 g/mol. The highest BCUT2D eigenvalue weighted by Gasteiger charge is 2.26. The molecule has 0 saturated heterocycles. The van der Waals surface area contributed by atoms with Gasteiger partial charge in [0.1, 0.15) is 11.9 Å². The van der Waals surface area contributed by atoms with E-state index < -0.39 is 12.6 Å². The first kappa shape index (κ1) is 23.6. The van der Waals surface area contributed by atoms with E-state index in [1.54, 1.807) is 31.3 Å². The predicted molar refractivity (Wildman–Crippen MR) is 110 cm³/mol. The van der Waals surface area contributed by atoms with Gasteiger partial charge >= 0.3 is 13.5 Å². The van der Waals surface area contributed by atoms with Crippen LogP contribution >= 0.6 is 30.9 Å². The first-order valence-corrected chi connectivity index (χ1v) is 11.3. The van der Waals surface area contributed by atoms with Gasteiger partial charge in [0.25, 0.3) is 0 Å². The van der Waals surface area contributed by atoms with E-state index in [2.05, 4.69) is 4.98 Å². The van der Waals surface area contributed by atoms with Crippen LogP contribution < -0.4 is 10.2 Å². The molecule has 2 N–H and O–H groups in total. The summed E-state index contributed by atoms with van der Waals surface area (Å²) >= 11 is 11.4. The van der Waals surface area contributed by atoms with Crippen molar-refractivity contribution >= 4 is 36.7 Å². The van der Waals surface area contributed by atoms with Crippen molar-refractivity contribution in [2.45, 2.75) is 13.2 Å². The number of rotatable bonds is 12. The van der Waals surface area contributed by atoms with Crippen molar-refractivity contribution in [2.24, 2.45) is 12.6 Å². The number of nitrogens with zero attached hydrogens (tertiary/aromatic N) is 4. The second kappa shape index (κ2) is 10.9. The summed E-state index contributed by atoms with van der Waals surface area (Å²) in [6.45, 7) is 0.727. The van der Waals surface area contributed by atoms with Gasteiger partial charge in [-0.25, -0.2) is 19.7 Å². The summed E-state index contributed by atoms with van der Waals surface area (Å²) in [6.07, 6.45) is 1.18. The summed E-state index contributed by atoms with van der Waals surface area (Å²) in [6, 6.07) is 6.88. The maximum absolute atomic E-state index is 12.6. The van der Waals surface area contributed by atoms with Crippen LogP contribution in [0, 0.1) is 10.1 Å². The third-order valence-electron chi connectivity index (χ3n) is 4.03. The highest BCUT2D eigenvalue weighted by Crippen LogP contribution is 2.43. The molecule has 10 nitrogen and oxygen atoms in total. The van der Waals surface area contributed by atoms with E-state index >= 15 is 0 Å². The lowest BCUT2D eigenvalue weighted by Crippen LogP contribution is -2.29. The molecular weight excluding hydrogens is 444 g/mol. The summed E-state index contributed by atoms with van der Waals surface area (Å²) in [5.74, 6) is 1.37. The lowest BCUT2D eigenvalue weighted by atomic mass is 10.2. The van der Waals surface area contributed by atoms with Gasteiger partial charge in [-0.15, -0.1) is 23.2 Å². The van der Waals surface area contributed by atoms with Gasteiger partial charge in [-0.3, -0.25) is 4.57 Å². The molecule has 1 aromatic carbocycles. The molecule has 0 saturated carbocycles. The molecule has 0 amide bonds. The van der Waals surface area contributed by atoms with Crippen molar-refractivity contribution in [3.63, 3.8) is 0 Å². The minimum atomic E-state index is -3.51. The molecule has 1 aromatic heterocycles. The number of hydrogen-bond donors (Lipinski definition) is 1. The minimum absolute atomic E-state index is 0.0424. The number of alkyl halides is 2. The second-order valence-corrected chi connectivity index (χ2v) is 8.66. The van der Waals surface area contributed by atoms with Crippen LogP contribution in [0.1, 0.15) is 11.4 Å². The van der Waals surface area contributed by atoms with Crippen LogP contribution in [-0.2, 0) is 29.4 Å². The molecule has 2 aromatic rings. The minimum Gasteiger partial charge on any atom is -0.483 e. The Balaban J connectivity index is 1.91. The Morgan fingerprint density at radius 3 is 2.38 bits per heavy atom. The van der Waals surface area contributed by atoms with Crippen LogP contribution in [0.3, 0.4) is 0 Å². The standard InChI is InChI=1S/C16H22Cl2N5O5P/c1-21-15(20-10-16(21)23(24)25)12-27-14-4-2-13(3-5-14)11-28-29(19,26)22(8-6-17)9-7-18/h2-5,10H,6-9,11-12H2,1H3,(H2,19,26). The van der Waals surface area contributed by atoms with E-state index in [1.165, 1.54) is 15.4 Å². The average Bonchev–Trinajstić information content (AvgIpc) is 3.06. The summed E-state index contributed by atoms with van der Waals surface area (Å²) in [5.41, 5.74) is 6.56. The molecule has 160 valence electrons. The van der Waals surface area contributed by atoms with Crippen molar-refractivity contribution < 1.29 is 18.7 Å². The van der Waals surface area contributed by atoms with Gasteiger partial charge < -0.3 is 19.4 Å². The normalized spacial score (nSPS) is 13.4. The van der Waals surface area contributed by atoms with Gasteiger partial charge in [-0.05, 0) is 22.6 Å². The molecule has 2 rings (SSSR count). The SMILES string of the molecule is Cn1c([N+](=O)[O-])cnc1COc1ccc(COP(N)(=O)N(CCCl)CCCl)cc1. The number of benzene rings is 1. The lowest BCUT2D eigenvalue weighted by molar-refractivity contribution is -0.391. The summed E-state index contributed by atoms with van der Waals surface area (Å²) in [4.78, 5) is 14.3. The first-order valence-electron chi connectivity index (χ1n) is 8.55. The van der Waals surface area contributed by atoms with Crippen molar-refractivity contribution in [1.29, 1.82) is 0 Å². The highest BCUT2D eigenvalue weighted by molar-refractivity contribution is 7.53. The third-order valence-corrected chi connectivity index (χ3v) is 6.06. The Morgan fingerprint density at radius 1 is 1.24 bits per heavy atom. The summed E-state index contributed by atoms with van der Waals surface area (Å²) < 4.78 is 26.4. The molecule has 0 bridgehead atoms. The molecule has 13 heteroatoms. The van der Waals surface area contributed by atoms with E-state index in [1.807, 2.05) is 0 Å². The van der Waals surface area contributed by atoms with Crippen molar-refractivity contribution in [3.05, 3.63) is 52.0 Å². The number of ether oxygens (including phenoxy) is 1. The smallest absolute Gasteiger partial charge is 0.342 e.